The lowest BCUT2D eigenvalue weighted by Crippen LogP contribution is -2.41. The van der Waals surface area contributed by atoms with Crippen molar-refractivity contribution in [2.75, 3.05) is 13.1 Å². The van der Waals surface area contributed by atoms with Crippen LogP contribution in [0.1, 0.15) is 32.1 Å². The summed E-state index contributed by atoms with van der Waals surface area (Å²) >= 11 is 0. The van der Waals surface area contributed by atoms with E-state index in [1.165, 1.54) is 0 Å². The fraction of sp³-hybridized carbons (Fsp3) is 0.692. The molecule has 1 amide bonds. The molecule has 2 rings (SSSR count). The Kier molecular flexibility index (Phi) is 3.61. The van der Waals surface area contributed by atoms with Gasteiger partial charge >= 0.3 is 0 Å². The number of nitriles is 1. The molecule has 3 nitrogen and oxygen atoms in total. The van der Waals surface area contributed by atoms with Gasteiger partial charge in [0.15, 0.2) is 0 Å². The average Bonchev–Trinajstić information content (AvgIpc) is 2.39. The molecule has 0 N–H and O–H groups in total. The number of likely N-dealkylation sites (tertiary alicyclic amines) is 1. The summed E-state index contributed by atoms with van der Waals surface area (Å²) in [6, 6.07) is 2.29. The summed E-state index contributed by atoms with van der Waals surface area (Å²) in [7, 11) is 0. The first-order chi connectivity index (χ1) is 7.81. The molecule has 0 aromatic carbocycles. The van der Waals surface area contributed by atoms with Crippen molar-refractivity contribution in [3.05, 3.63) is 12.2 Å². The molecular formula is C13H18N2O. The summed E-state index contributed by atoms with van der Waals surface area (Å²) < 4.78 is 0. The third-order valence-corrected chi connectivity index (χ3v) is 3.61. The van der Waals surface area contributed by atoms with Gasteiger partial charge in [0.05, 0.1) is 6.07 Å². The first-order valence-corrected chi connectivity index (χ1v) is 6.14. The highest BCUT2D eigenvalue weighted by molar-refractivity contribution is 5.79. The molecule has 0 aromatic rings. The van der Waals surface area contributed by atoms with Gasteiger partial charge in [-0.15, -0.1) is 0 Å². The first kappa shape index (κ1) is 11.2. The summed E-state index contributed by atoms with van der Waals surface area (Å²) in [4.78, 5) is 14.1. The number of piperidine rings is 1. The van der Waals surface area contributed by atoms with Gasteiger partial charge in [0, 0.05) is 24.9 Å². The molecule has 1 aliphatic heterocycles. The Labute approximate surface area is 96.7 Å². The number of amides is 1. The third-order valence-electron chi connectivity index (χ3n) is 3.61. The highest BCUT2D eigenvalue weighted by atomic mass is 16.2. The van der Waals surface area contributed by atoms with Crippen LogP contribution in [-0.2, 0) is 4.79 Å². The van der Waals surface area contributed by atoms with Gasteiger partial charge in [0.2, 0.25) is 5.91 Å². The summed E-state index contributed by atoms with van der Waals surface area (Å²) in [5.41, 5.74) is 0. The lowest BCUT2D eigenvalue weighted by atomic mass is 9.91. The molecule has 1 heterocycles. The molecule has 0 bridgehead atoms. The third kappa shape index (κ3) is 2.44. The molecule has 1 saturated heterocycles. The van der Waals surface area contributed by atoms with Gasteiger partial charge in [-0.05, 0) is 32.1 Å². The Balaban J connectivity index is 1.86. The second-order valence-electron chi connectivity index (χ2n) is 4.71. The van der Waals surface area contributed by atoms with Crippen LogP contribution in [0.15, 0.2) is 12.2 Å². The summed E-state index contributed by atoms with van der Waals surface area (Å²) in [5.74, 6) is 0.666. The van der Waals surface area contributed by atoms with Crippen LogP contribution in [0.3, 0.4) is 0 Å². The standard InChI is InChI=1S/C13H18N2O/c14-10-11-6-8-15(9-7-11)13(16)12-4-2-1-3-5-12/h1-2,11-12H,3-9H2. The predicted molar refractivity (Wildman–Crippen MR) is 61.4 cm³/mol. The number of rotatable bonds is 1. The molecule has 16 heavy (non-hydrogen) atoms. The highest BCUT2D eigenvalue weighted by Gasteiger charge is 2.27. The second kappa shape index (κ2) is 5.16. The summed E-state index contributed by atoms with van der Waals surface area (Å²) in [6.07, 6.45) is 8.91. The minimum absolute atomic E-state index is 0.162. The fourth-order valence-electron chi connectivity index (χ4n) is 2.51. The molecule has 0 radical (unpaired) electrons. The fourth-order valence-corrected chi connectivity index (χ4v) is 2.51. The smallest absolute Gasteiger partial charge is 0.226 e. The Bertz CT molecular complexity index is 321. The number of carbonyl (C=O) groups is 1. The number of carbonyl (C=O) groups excluding carboxylic acids is 1. The van der Waals surface area contributed by atoms with Crippen molar-refractivity contribution in [3.8, 4) is 6.07 Å². The highest BCUT2D eigenvalue weighted by Crippen LogP contribution is 2.23. The van der Waals surface area contributed by atoms with Crippen molar-refractivity contribution in [2.45, 2.75) is 32.1 Å². The van der Waals surface area contributed by atoms with E-state index >= 15 is 0 Å². The van der Waals surface area contributed by atoms with Crippen molar-refractivity contribution < 1.29 is 4.79 Å². The van der Waals surface area contributed by atoms with Crippen molar-refractivity contribution in [1.29, 1.82) is 5.26 Å². The minimum Gasteiger partial charge on any atom is -0.342 e. The quantitative estimate of drug-likeness (QED) is 0.633. The van der Waals surface area contributed by atoms with Crippen LogP contribution in [0.4, 0.5) is 0 Å². The van der Waals surface area contributed by atoms with Crippen LogP contribution >= 0.6 is 0 Å². The largest absolute Gasteiger partial charge is 0.342 e. The summed E-state index contributed by atoms with van der Waals surface area (Å²) in [6.45, 7) is 1.55. The molecule has 0 aromatic heterocycles. The van der Waals surface area contributed by atoms with Gasteiger partial charge in [-0.1, -0.05) is 12.2 Å². The molecule has 1 fully saturated rings. The van der Waals surface area contributed by atoms with Gasteiger partial charge < -0.3 is 4.90 Å². The van der Waals surface area contributed by atoms with E-state index in [-0.39, 0.29) is 11.8 Å². The molecule has 0 saturated carbocycles. The SMILES string of the molecule is N#CC1CCN(C(=O)C2CC=CCC2)CC1. The van der Waals surface area contributed by atoms with Crippen LogP contribution in [-0.4, -0.2) is 23.9 Å². The molecule has 1 unspecified atom stereocenters. The Morgan fingerprint density at radius 2 is 2.00 bits per heavy atom. The molecule has 1 aliphatic carbocycles. The van der Waals surface area contributed by atoms with E-state index in [2.05, 4.69) is 18.2 Å². The minimum atomic E-state index is 0.162. The van der Waals surface area contributed by atoms with Gasteiger partial charge in [-0.25, -0.2) is 0 Å². The topological polar surface area (TPSA) is 44.1 Å². The van der Waals surface area contributed by atoms with Gasteiger partial charge in [0.1, 0.15) is 0 Å². The number of hydrogen-bond donors (Lipinski definition) is 0. The number of hydrogen-bond acceptors (Lipinski definition) is 2. The Morgan fingerprint density at radius 3 is 2.56 bits per heavy atom. The maximum absolute atomic E-state index is 12.2. The zero-order valence-corrected chi connectivity index (χ0v) is 9.56. The lowest BCUT2D eigenvalue weighted by Gasteiger charge is -2.32. The maximum atomic E-state index is 12.2. The van der Waals surface area contributed by atoms with E-state index in [1.807, 2.05) is 4.90 Å². The van der Waals surface area contributed by atoms with E-state index in [0.717, 1.165) is 45.2 Å². The number of nitrogens with zero attached hydrogens (tertiary/aromatic N) is 2. The van der Waals surface area contributed by atoms with E-state index in [0.29, 0.717) is 5.91 Å². The van der Waals surface area contributed by atoms with E-state index in [4.69, 9.17) is 5.26 Å². The van der Waals surface area contributed by atoms with Crippen LogP contribution in [0, 0.1) is 23.2 Å². The van der Waals surface area contributed by atoms with Crippen LogP contribution in [0.25, 0.3) is 0 Å². The Hall–Kier alpha value is -1.30. The molecule has 86 valence electrons. The molecule has 0 spiro atoms. The zero-order valence-electron chi connectivity index (χ0n) is 9.56. The lowest BCUT2D eigenvalue weighted by molar-refractivity contribution is -0.137. The average molecular weight is 218 g/mol. The zero-order chi connectivity index (χ0) is 11.4. The van der Waals surface area contributed by atoms with Gasteiger partial charge in [-0.3, -0.25) is 4.79 Å². The van der Waals surface area contributed by atoms with Crippen molar-refractivity contribution in [1.82, 2.24) is 4.90 Å². The summed E-state index contributed by atoms with van der Waals surface area (Å²) in [5, 5.41) is 8.80. The molecule has 3 heteroatoms. The normalized spacial score (nSPS) is 26.4. The van der Waals surface area contributed by atoms with E-state index < -0.39 is 0 Å². The van der Waals surface area contributed by atoms with Crippen LogP contribution in [0.2, 0.25) is 0 Å². The van der Waals surface area contributed by atoms with Crippen LogP contribution in [0.5, 0.6) is 0 Å². The monoisotopic (exact) mass is 218 g/mol. The van der Waals surface area contributed by atoms with Crippen molar-refractivity contribution in [2.24, 2.45) is 11.8 Å². The van der Waals surface area contributed by atoms with Gasteiger partial charge in [-0.2, -0.15) is 5.26 Å². The molecule has 2 aliphatic rings. The molecule has 1 atom stereocenters. The maximum Gasteiger partial charge on any atom is 0.226 e. The van der Waals surface area contributed by atoms with E-state index in [9.17, 15) is 4.79 Å². The first-order valence-electron chi connectivity index (χ1n) is 6.14. The van der Waals surface area contributed by atoms with Gasteiger partial charge in [0.25, 0.3) is 0 Å². The number of allylic oxidation sites excluding steroid dienone is 2. The predicted octanol–water partition coefficient (Wildman–Crippen LogP) is 2.10. The second-order valence-corrected chi connectivity index (χ2v) is 4.71. The van der Waals surface area contributed by atoms with Crippen molar-refractivity contribution in [3.63, 3.8) is 0 Å². The van der Waals surface area contributed by atoms with Crippen molar-refractivity contribution >= 4 is 5.91 Å². The Morgan fingerprint density at radius 1 is 1.25 bits per heavy atom. The van der Waals surface area contributed by atoms with E-state index in [1.54, 1.807) is 0 Å². The molecular weight excluding hydrogens is 200 g/mol. The van der Waals surface area contributed by atoms with Crippen LogP contribution < -0.4 is 0 Å².